The summed E-state index contributed by atoms with van der Waals surface area (Å²) < 4.78 is 5.35. The van der Waals surface area contributed by atoms with E-state index in [9.17, 15) is 14.4 Å². The van der Waals surface area contributed by atoms with Crippen molar-refractivity contribution in [1.29, 1.82) is 5.26 Å². The molecule has 0 spiro atoms. The van der Waals surface area contributed by atoms with Crippen molar-refractivity contribution in [3.8, 4) is 11.8 Å². The second kappa shape index (κ2) is 7.63. The fourth-order valence-electron chi connectivity index (χ4n) is 2.60. The second-order valence-corrected chi connectivity index (χ2v) is 6.76. The fourth-order valence-corrected chi connectivity index (χ4v) is 3.37. The number of hydrogen-bond donors (Lipinski definition) is 1. The van der Waals surface area contributed by atoms with Crippen LogP contribution >= 0.6 is 11.8 Å². The highest BCUT2D eigenvalue weighted by Crippen LogP contribution is 2.32. The number of aromatic amines is 1. The van der Waals surface area contributed by atoms with E-state index in [4.69, 9.17) is 10.00 Å². The van der Waals surface area contributed by atoms with Crippen LogP contribution in [0.5, 0.6) is 5.75 Å². The first-order valence-electron chi connectivity index (χ1n) is 8.17. The monoisotopic (exact) mass is 384 g/mol. The van der Waals surface area contributed by atoms with Gasteiger partial charge in [-0.2, -0.15) is 5.26 Å². The number of rotatable bonds is 5. The summed E-state index contributed by atoms with van der Waals surface area (Å²) in [5.74, 6) is 0.231. The summed E-state index contributed by atoms with van der Waals surface area (Å²) in [4.78, 5) is 44.4. The highest BCUT2D eigenvalue weighted by molar-refractivity contribution is 7.99. The third-order valence-corrected chi connectivity index (χ3v) is 5.00. The maximum atomic E-state index is 12.5. The number of benzene rings is 1. The number of fused-ring (bicyclic) bond motifs is 1. The Kier molecular flexibility index (Phi) is 5.28. The number of nitrogens with zero attached hydrogens (tertiary/aromatic N) is 3. The van der Waals surface area contributed by atoms with E-state index in [0.29, 0.717) is 29.1 Å². The average molecular weight is 384 g/mol. The normalized spacial score (nSPS) is 12.9. The van der Waals surface area contributed by atoms with Crippen LogP contribution in [0.3, 0.4) is 0 Å². The van der Waals surface area contributed by atoms with Gasteiger partial charge in [0.1, 0.15) is 17.4 Å². The summed E-state index contributed by atoms with van der Waals surface area (Å²) in [5.41, 5.74) is 0.863. The third-order valence-electron chi connectivity index (χ3n) is 4.13. The zero-order valence-corrected chi connectivity index (χ0v) is 15.6. The van der Waals surface area contributed by atoms with Gasteiger partial charge in [0.15, 0.2) is 17.5 Å². The van der Waals surface area contributed by atoms with Gasteiger partial charge in [0.05, 0.1) is 17.1 Å². The number of nitrogens with one attached hydrogen (secondary N) is 1. The van der Waals surface area contributed by atoms with Gasteiger partial charge in [-0.05, 0) is 24.6 Å². The average Bonchev–Trinajstić information content (AvgIpc) is 2.68. The molecule has 9 heteroatoms. The molecule has 0 fully saturated rings. The molecule has 1 aliphatic heterocycles. The van der Waals surface area contributed by atoms with Crippen LogP contribution in [0.1, 0.15) is 28.5 Å². The molecule has 2 heterocycles. The predicted octanol–water partition coefficient (Wildman–Crippen LogP) is 1.53. The molecule has 0 saturated carbocycles. The van der Waals surface area contributed by atoms with Crippen LogP contribution in [0, 0.1) is 11.3 Å². The summed E-state index contributed by atoms with van der Waals surface area (Å²) in [6.45, 7) is 1.78. The number of carbonyl (C=O) groups is 2. The van der Waals surface area contributed by atoms with E-state index in [1.54, 1.807) is 32.2 Å². The summed E-state index contributed by atoms with van der Waals surface area (Å²) in [5, 5.41) is 9.31. The molecule has 1 aromatic carbocycles. The third kappa shape index (κ3) is 3.71. The molecule has 0 atom stereocenters. The smallest absolute Gasteiger partial charge is 0.269 e. The van der Waals surface area contributed by atoms with Crippen molar-refractivity contribution in [2.75, 3.05) is 24.3 Å². The lowest BCUT2D eigenvalue weighted by Crippen LogP contribution is -2.35. The van der Waals surface area contributed by atoms with E-state index in [2.05, 4.69) is 9.97 Å². The molecule has 8 nitrogen and oxygen atoms in total. The van der Waals surface area contributed by atoms with Crippen LogP contribution in [0.15, 0.2) is 28.2 Å². The predicted molar refractivity (Wildman–Crippen MR) is 99.4 cm³/mol. The van der Waals surface area contributed by atoms with Crippen molar-refractivity contribution < 1.29 is 14.3 Å². The van der Waals surface area contributed by atoms with Gasteiger partial charge in [-0.1, -0.05) is 18.7 Å². The van der Waals surface area contributed by atoms with E-state index >= 15 is 0 Å². The van der Waals surface area contributed by atoms with Gasteiger partial charge in [-0.25, -0.2) is 4.98 Å². The maximum absolute atomic E-state index is 12.5. The van der Waals surface area contributed by atoms with Crippen LogP contribution < -0.4 is 15.2 Å². The van der Waals surface area contributed by atoms with Gasteiger partial charge in [0, 0.05) is 12.6 Å². The summed E-state index contributed by atoms with van der Waals surface area (Å²) in [6, 6.07) is 6.75. The molecule has 1 aromatic heterocycles. The minimum absolute atomic E-state index is 0.00410. The number of Topliss-reactive ketones (excluding diaryl/α,β-unsaturated/α-hetero) is 1. The number of carbonyl (C=O) groups excluding carboxylic acids is 2. The molecule has 0 aliphatic carbocycles. The van der Waals surface area contributed by atoms with Gasteiger partial charge >= 0.3 is 0 Å². The SMILES string of the molecule is CCc1nc(SCC(=O)c2ccc3c(c2)N(C)C(=O)CO3)[nH]c(=O)c1C#N. The van der Waals surface area contributed by atoms with Crippen molar-refractivity contribution in [3.63, 3.8) is 0 Å². The molecular weight excluding hydrogens is 368 g/mol. The highest BCUT2D eigenvalue weighted by Gasteiger charge is 2.23. The van der Waals surface area contributed by atoms with Crippen molar-refractivity contribution >= 4 is 29.1 Å². The molecule has 1 amide bonds. The number of aryl methyl sites for hydroxylation is 1. The Labute approximate surface area is 159 Å². The van der Waals surface area contributed by atoms with Crippen LogP contribution in [0.2, 0.25) is 0 Å². The quantitative estimate of drug-likeness (QED) is 0.472. The van der Waals surface area contributed by atoms with E-state index in [-0.39, 0.29) is 34.8 Å². The molecule has 27 heavy (non-hydrogen) atoms. The Bertz CT molecular complexity index is 1020. The Morgan fingerprint density at radius 1 is 1.44 bits per heavy atom. The first-order chi connectivity index (χ1) is 12.9. The lowest BCUT2D eigenvalue weighted by molar-refractivity contribution is -0.120. The first kappa shape index (κ1) is 18.7. The number of H-pyrrole nitrogens is 1. The Morgan fingerprint density at radius 2 is 2.22 bits per heavy atom. The number of nitriles is 1. The minimum atomic E-state index is -0.509. The van der Waals surface area contributed by atoms with E-state index in [0.717, 1.165) is 11.8 Å². The summed E-state index contributed by atoms with van der Waals surface area (Å²) >= 11 is 1.09. The molecular formula is C18H16N4O4S. The number of ketones is 1. The lowest BCUT2D eigenvalue weighted by atomic mass is 10.1. The van der Waals surface area contributed by atoms with Gasteiger partial charge in [0.25, 0.3) is 11.5 Å². The number of anilines is 1. The first-order valence-corrected chi connectivity index (χ1v) is 9.15. The topological polar surface area (TPSA) is 116 Å². The number of thioether (sulfide) groups is 1. The van der Waals surface area contributed by atoms with Gasteiger partial charge in [0.2, 0.25) is 0 Å². The number of hydrogen-bond acceptors (Lipinski definition) is 7. The largest absolute Gasteiger partial charge is 0.482 e. The number of ether oxygens (including phenoxy) is 1. The number of aromatic nitrogens is 2. The second-order valence-electron chi connectivity index (χ2n) is 5.79. The maximum Gasteiger partial charge on any atom is 0.269 e. The molecule has 0 unspecified atom stereocenters. The zero-order valence-electron chi connectivity index (χ0n) is 14.7. The van der Waals surface area contributed by atoms with Gasteiger partial charge < -0.3 is 14.6 Å². The fraction of sp³-hybridized carbons (Fsp3) is 0.278. The Balaban J connectivity index is 1.77. The Morgan fingerprint density at radius 3 is 2.93 bits per heavy atom. The van der Waals surface area contributed by atoms with Crippen LogP contribution in [-0.2, 0) is 11.2 Å². The summed E-state index contributed by atoms with van der Waals surface area (Å²) in [7, 11) is 1.63. The van der Waals surface area contributed by atoms with Crippen LogP contribution in [0.25, 0.3) is 0 Å². The molecule has 0 saturated heterocycles. The zero-order chi connectivity index (χ0) is 19.6. The molecule has 3 rings (SSSR count). The molecule has 138 valence electrons. The van der Waals surface area contributed by atoms with E-state index in [1.807, 2.05) is 6.07 Å². The summed E-state index contributed by atoms with van der Waals surface area (Å²) in [6.07, 6.45) is 0.444. The number of amides is 1. The lowest BCUT2D eigenvalue weighted by Gasteiger charge is -2.26. The minimum Gasteiger partial charge on any atom is -0.482 e. The van der Waals surface area contributed by atoms with Gasteiger partial charge in [-0.3, -0.25) is 14.4 Å². The van der Waals surface area contributed by atoms with E-state index in [1.165, 1.54) is 4.90 Å². The molecule has 0 radical (unpaired) electrons. The van der Waals surface area contributed by atoms with Crippen molar-refractivity contribution in [2.45, 2.75) is 18.5 Å². The molecule has 1 N–H and O–H groups in total. The molecule has 1 aliphatic rings. The standard InChI is InChI=1S/C18H16N4O4S/c1-3-12-11(7-19)17(25)21-18(20-12)27-9-14(23)10-4-5-15-13(6-10)22(2)16(24)8-26-15/h4-6H,3,8-9H2,1-2H3,(H,20,21,25). The van der Waals surface area contributed by atoms with Gasteiger partial charge in [-0.15, -0.1) is 0 Å². The Hall–Kier alpha value is -3.12. The molecule has 0 bridgehead atoms. The van der Waals surface area contributed by atoms with Crippen molar-refractivity contribution in [2.24, 2.45) is 0 Å². The van der Waals surface area contributed by atoms with Crippen molar-refractivity contribution in [1.82, 2.24) is 9.97 Å². The van der Waals surface area contributed by atoms with Crippen molar-refractivity contribution in [3.05, 3.63) is 45.4 Å². The highest BCUT2D eigenvalue weighted by atomic mass is 32.2. The molecule has 2 aromatic rings. The van der Waals surface area contributed by atoms with E-state index < -0.39 is 5.56 Å². The number of likely N-dealkylation sites (N-methyl/N-ethyl adjacent to an activating group) is 1. The van der Waals surface area contributed by atoms with Crippen LogP contribution in [0.4, 0.5) is 5.69 Å². The van der Waals surface area contributed by atoms with Crippen LogP contribution in [-0.4, -0.2) is 41.1 Å².